The molecule has 2 rings (SSSR count). The molecule has 0 aromatic heterocycles. The highest BCUT2D eigenvalue weighted by molar-refractivity contribution is 5.58. The summed E-state index contributed by atoms with van der Waals surface area (Å²) in [6, 6.07) is 7.10. The van der Waals surface area contributed by atoms with Gasteiger partial charge in [0.25, 0.3) is 0 Å². The Balaban J connectivity index is 2.26. The molecule has 0 radical (unpaired) electrons. The van der Waals surface area contributed by atoms with Crippen LogP contribution in [0.4, 0.5) is 11.4 Å². The van der Waals surface area contributed by atoms with Crippen LogP contribution in [-0.4, -0.2) is 12.6 Å². The van der Waals surface area contributed by atoms with E-state index in [2.05, 4.69) is 37.8 Å². The van der Waals surface area contributed by atoms with E-state index in [4.69, 9.17) is 5.73 Å². The zero-order chi connectivity index (χ0) is 11.7. The van der Waals surface area contributed by atoms with Crippen molar-refractivity contribution in [2.45, 2.75) is 39.7 Å². The standard InChI is InChI=1S/C14H22N2/c1-10(2)14-5-4-8-16(14)12-6-7-13(15)11(3)9-12/h6-7,9-10,14H,4-5,8,15H2,1-3H3. The maximum atomic E-state index is 5.86. The number of anilines is 2. The normalized spacial score (nSPS) is 20.8. The van der Waals surface area contributed by atoms with Crippen molar-refractivity contribution in [1.29, 1.82) is 0 Å². The molecule has 1 heterocycles. The molecule has 1 aromatic carbocycles. The Bertz CT molecular complexity index is 371. The van der Waals surface area contributed by atoms with E-state index >= 15 is 0 Å². The Hall–Kier alpha value is -1.18. The molecule has 0 amide bonds. The topological polar surface area (TPSA) is 29.3 Å². The zero-order valence-corrected chi connectivity index (χ0v) is 10.5. The van der Waals surface area contributed by atoms with Crippen LogP contribution in [0.2, 0.25) is 0 Å². The predicted molar refractivity (Wildman–Crippen MR) is 70.8 cm³/mol. The van der Waals surface area contributed by atoms with Crippen LogP contribution in [0.1, 0.15) is 32.3 Å². The molecular formula is C14H22N2. The number of nitrogens with two attached hydrogens (primary N) is 1. The summed E-state index contributed by atoms with van der Waals surface area (Å²) >= 11 is 0. The summed E-state index contributed by atoms with van der Waals surface area (Å²) in [7, 11) is 0. The van der Waals surface area contributed by atoms with Crippen molar-refractivity contribution in [2.75, 3.05) is 17.2 Å². The highest BCUT2D eigenvalue weighted by Gasteiger charge is 2.27. The molecule has 2 heteroatoms. The van der Waals surface area contributed by atoms with Crippen LogP contribution >= 0.6 is 0 Å². The Labute approximate surface area is 98.4 Å². The quantitative estimate of drug-likeness (QED) is 0.772. The molecule has 0 aliphatic carbocycles. The fourth-order valence-corrected chi connectivity index (χ4v) is 2.64. The molecule has 1 unspecified atom stereocenters. The van der Waals surface area contributed by atoms with Crippen LogP contribution in [0.3, 0.4) is 0 Å². The monoisotopic (exact) mass is 218 g/mol. The summed E-state index contributed by atoms with van der Waals surface area (Å²) in [5.74, 6) is 0.723. The Morgan fingerprint density at radius 3 is 2.75 bits per heavy atom. The number of hydrogen-bond acceptors (Lipinski definition) is 2. The molecule has 1 fully saturated rings. The van der Waals surface area contributed by atoms with Crippen molar-refractivity contribution in [3.05, 3.63) is 23.8 Å². The number of aryl methyl sites for hydroxylation is 1. The SMILES string of the molecule is Cc1cc(N2CCCC2C(C)C)ccc1N. The molecule has 0 spiro atoms. The van der Waals surface area contributed by atoms with Crippen LogP contribution in [-0.2, 0) is 0 Å². The van der Waals surface area contributed by atoms with E-state index in [0.29, 0.717) is 6.04 Å². The summed E-state index contributed by atoms with van der Waals surface area (Å²) in [5.41, 5.74) is 9.28. The lowest BCUT2D eigenvalue weighted by Crippen LogP contribution is -2.33. The first-order chi connectivity index (χ1) is 7.59. The Morgan fingerprint density at radius 1 is 1.38 bits per heavy atom. The molecule has 0 bridgehead atoms. The van der Waals surface area contributed by atoms with Crippen LogP contribution < -0.4 is 10.6 Å². The highest BCUT2D eigenvalue weighted by atomic mass is 15.2. The second-order valence-electron chi connectivity index (χ2n) is 5.19. The molecule has 1 aliphatic rings. The third-order valence-corrected chi connectivity index (χ3v) is 3.65. The molecule has 16 heavy (non-hydrogen) atoms. The smallest absolute Gasteiger partial charge is 0.0372 e. The molecule has 1 aliphatic heterocycles. The minimum Gasteiger partial charge on any atom is -0.399 e. The van der Waals surface area contributed by atoms with Crippen molar-refractivity contribution in [3.8, 4) is 0 Å². The van der Waals surface area contributed by atoms with Gasteiger partial charge in [0, 0.05) is 24.0 Å². The van der Waals surface area contributed by atoms with Crippen molar-refractivity contribution in [1.82, 2.24) is 0 Å². The van der Waals surface area contributed by atoms with E-state index in [9.17, 15) is 0 Å². The van der Waals surface area contributed by atoms with Gasteiger partial charge in [0.1, 0.15) is 0 Å². The summed E-state index contributed by atoms with van der Waals surface area (Å²) in [6.45, 7) is 7.89. The molecule has 0 saturated carbocycles. The summed E-state index contributed by atoms with van der Waals surface area (Å²) in [4.78, 5) is 2.54. The van der Waals surface area contributed by atoms with Crippen LogP contribution in [0, 0.1) is 12.8 Å². The average molecular weight is 218 g/mol. The fraction of sp³-hybridized carbons (Fsp3) is 0.571. The first-order valence-electron chi connectivity index (χ1n) is 6.22. The number of rotatable bonds is 2. The van der Waals surface area contributed by atoms with Crippen molar-refractivity contribution < 1.29 is 0 Å². The first kappa shape index (κ1) is 11.3. The summed E-state index contributed by atoms with van der Waals surface area (Å²) < 4.78 is 0. The van der Waals surface area contributed by atoms with Crippen LogP contribution in [0.15, 0.2) is 18.2 Å². The van der Waals surface area contributed by atoms with Gasteiger partial charge in [-0.15, -0.1) is 0 Å². The largest absolute Gasteiger partial charge is 0.399 e. The van der Waals surface area contributed by atoms with Gasteiger partial charge in [0.05, 0.1) is 0 Å². The number of hydrogen-bond donors (Lipinski definition) is 1. The van der Waals surface area contributed by atoms with Gasteiger partial charge in [-0.05, 0) is 49.4 Å². The van der Waals surface area contributed by atoms with E-state index in [1.54, 1.807) is 0 Å². The Kier molecular flexibility index (Phi) is 3.08. The summed E-state index contributed by atoms with van der Waals surface area (Å²) in [5, 5.41) is 0. The molecule has 1 saturated heterocycles. The minimum atomic E-state index is 0.697. The predicted octanol–water partition coefficient (Wildman–Crippen LogP) is 3.20. The van der Waals surface area contributed by atoms with Gasteiger partial charge in [-0.25, -0.2) is 0 Å². The van der Waals surface area contributed by atoms with Crippen molar-refractivity contribution >= 4 is 11.4 Å². The lowest BCUT2D eigenvalue weighted by Gasteiger charge is -2.30. The van der Waals surface area contributed by atoms with Crippen molar-refractivity contribution in [2.24, 2.45) is 5.92 Å². The Morgan fingerprint density at radius 2 is 2.12 bits per heavy atom. The van der Waals surface area contributed by atoms with Crippen LogP contribution in [0.25, 0.3) is 0 Å². The molecule has 1 atom stereocenters. The lowest BCUT2D eigenvalue weighted by molar-refractivity contribution is 0.492. The van der Waals surface area contributed by atoms with Gasteiger partial charge >= 0.3 is 0 Å². The van der Waals surface area contributed by atoms with Crippen LogP contribution in [0.5, 0.6) is 0 Å². The van der Waals surface area contributed by atoms with Gasteiger partial charge in [-0.3, -0.25) is 0 Å². The van der Waals surface area contributed by atoms with E-state index in [1.165, 1.54) is 30.6 Å². The fourth-order valence-electron chi connectivity index (χ4n) is 2.64. The first-order valence-corrected chi connectivity index (χ1v) is 6.22. The molecule has 1 aromatic rings. The van der Waals surface area contributed by atoms with Gasteiger partial charge in [0.15, 0.2) is 0 Å². The van der Waals surface area contributed by atoms with E-state index in [1.807, 2.05) is 6.07 Å². The lowest BCUT2D eigenvalue weighted by atomic mass is 10.0. The van der Waals surface area contributed by atoms with Gasteiger partial charge in [0.2, 0.25) is 0 Å². The second-order valence-corrected chi connectivity index (χ2v) is 5.19. The van der Waals surface area contributed by atoms with E-state index in [0.717, 1.165) is 11.6 Å². The van der Waals surface area contributed by atoms with Gasteiger partial charge in [-0.1, -0.05) is 13.8 Å². The molecular weight excluding hydrogens is 196 g/mol. The summed E-state index contributed by atoms with van der Waals surface area (Å²) in [6.07, 6.45) is 2.63. The zero-order valence-electron chi connectivity index (χ0n) is 10.5. The molecule has 2 nitrogen and oxygen atoms in total. The van der Waals surface area contributed by atoms with E-state index < -0.39 is 0 Å². The van der Waals surface area contributed by atoms with Crippen molar-refractivity contribution in [3.63, 3.8) is 0 Å². The van der Waals surface area contributed by atoms with E-state index in [-0.39, 0.29) is 0 Å². The second kappa shape index (κ2) is 4.36. The van der Waals surface area contributed by atoms with Gasteiger partial charge < -0.3 is 10.6 Å². The average Bonchev–Trinajstić information content (AvgIpc) is 2.71. The van der Waals surface area contributed by atoms with Gasteiger partial charge in [-0.2, -0.15) is 0 Å². The highest BCUT2D eigenvalue weighted by Crippen LogP contribution is 2.31. The maximum absolute atomic E-state index is 5.86. The molecule has 2 N–H and O–H groups in total. The number of nitrogens with zero attached hydrogens (tertiary/aromatic N) is 1. The number of benzene rings is 1. The number of nitrogen functional groups attached to an aromatic ring is 1. The molecule has 88 valence electrons. The minimum absolute atomic E-state index is 0.697. The third kappa shape index (κ3) is 2.01. The maximum Gasteiger partial charge on any atom is 0.0372 e. The third-order valence-electron chi connectivity index (χ3n) is 3.65.